The maximum Gasteiger partial charge on any atom is 0.335 e. The molecule has 0 atom stereocenters. The van der Waals surface area contributed by atoms with Gasteiger partial charge in [-0.2, -0.15) is 0 Å². The topological polar surface area (TPSA) is 66.4 Å². The second kappa shape index (κ2) is 5.67. The molecule has 0 radical (unpaired) electrons. The van der Waals surface area contributed by atoms with E-state index in [1.54, 1.807) is 12.1 Å². The second-order valence-electron chi connectivity index (χ2n) is 4.73. The number of carboxylic acid groups (broad SMARTS) is 1. The smallest absolute Gasteiger partial charge is 0.335 e. The van der Waals surface area contributed by atoms with Crippen LogP contribution in [0.3, 0.4) is 0 Å². The number of benzene rings is 1. The molecule has 2 N–H and O–H groups in total. The van der Waals surface area contributed by atoms with Gasteiger partial charge in [0.05, 0.1) is 5.56 Å². The van der Waals surface area contributed by atoms with Crippen LogP contribution in [0.5, 0.6) is 0 Å². The van der Waals surface area contributed by atoms with Crippen molar-refractivity contribution in [2.45, 2.75) is 25.7 Å². The molecule has 0 aromatic heterocycles. The lowest BCUT2D eigenvalue weighted by molar-refractivity contribution is 0.0697. The normalized spacial score (nSPS) is 14.9. The summed E-state index contributed by atoms with van der Waals surface area (Å²) in [6, 6.07) is 6.10. The molecule has 1 aromatic carbocycles. The molecule has 1 amide bonds. The Hall–Kier alpha value is -1.84. The van der Waals surface area contributed by atoms with Crippen LogP contribution in [0.25, 0.3) is 0 Å². The van der Waals surface area contributed by atoms with E-state index in [2.05, 4.69) is 5.32 Å². The van der Waals surface area contributed by atoms with E-state index in [0.29, 0.717) is 12.1 Å². The third kappa shape index (κ3) is 3.09. The van der Waals surface area contributed by atoms with Crippen LogP contribution in [-0.4, -0.2) is 23.5 Å². The van der Waals surface area contributed by atoms with Gasteiger partial charge >= 0.3 is 5.97 Å². The molecule has 2 rings (SSSR count). The van der Waals surface area contributed by atoms with E-state index in [-0.39, 0.29) is 11.5 Å². The van der Waals surface area contributed by atoms with Crippen molar-refractivity contribution in [3.05, 3.63) is 35.4 Å². The van der Waals surface area contributed by atoms with Crippen molar-refractivity contribution in [1.82, 2.24) is 5.32 Å². The standard InChI is InChI=1S/C14H17NO3/c16-13(15-8-7-10-3-1-4-10)11-5-2-6-12(9-11)14(17)18/h2,5-6,9-10H,1,3-4,7-8H2,(H,15,16)(H,17,18). The lowest BCUT2D eigenvalue weighted by Gasteiger charge is -2.25. The number of amides is 1. The Balaban J connectivity index is 1.87. The van der Waals surface area contributed by atoms with E-state index >= 15 is 0 Å². The highest BCUT2D eigenvalue weighted by atomic mass is 16.4. The quantitative estimate of drug-likeness (QED) is 0.839. The van der Waals surface area contributed by atoms with Crippen molar-refractivity contribution in [2.24, 2.45) is 5.92 Å². The van der Waals surface area contributed by atoms with Crippen LogP contribution in [0.4, 0.5) is 0 Å². The van der Waals surface area contributed by atoms with Crippen LogP contribution in [0, 0.1) is 5.92 Å². The summed E-state index contributed by atoms with van der Waals surface area (Å²) in [5.74, 6) is -0.452. The van der Waals surface area contributed by atoms with Gasteiger partial charge in [0.25, 0.3) is 5.91 Å². The lowest BCUT2D eigenvalue weighted by atomic mass is 9.83. The molecule has 1 aliphatic rings. The molecule has 18 heavy (non-hydrogen) atoms. The van der Waals surface area contributed by atoms with Gasteiger partial charge in [0.1, 0.15) is 0 Å². The van der Waals surface area contributed by atoms with Crippen LogP contribution in [0.1, 0.15) is 46.4 Å². The summed E-state index contributed by atoms with van der Waals surface area (Å²) >= 11 is 0. The molecule has 0 heterocycles. The second-order valence-corrected chi connectivity index (χ2v) is 4.73. The molecule has 96 valence electrons. The third-order valence-corrected chi connectivity index (χ3v) is 3.43. The highest BCUT2D eigenvalue weighted by Crippen LogP contribution is 2.28. The molecule has 0 saturated heterocycles. The van der Waals surface area contributed by atoms with Crippen LogP contribution < -0.4 is 5.32 Å². The van der Waals surface area contributed by atoms with Crippen molar-refractivity contribution in [3.8, 4) is 0 Å². The van der Waals surface area contributed by atoms with Gasteiger partial charge in [0, 0.05) is 12.1 Å². The van der Waals surface area contributed by atoms with Gasteiger partial charge in [0.2, 0.25) is 0 Å². The Kier molecular flexibility index (Phi) is 3.97. The number of rotatable bonds is 5. The molecule has 1 fully saturated rings. The highest BCUT2D eigenvalue weighted by Gasteiger charge is 2.17. The summed E-state index contributed by atoms with van der Waals surface area (Å²) in [5.41, 5.74) is 0.546. The molecule has 0 unspecified atom stereocenters. The number of hydrogen-bond acceptors (Lipinski definition) is 2. The fourth-order valence-electron chi connectivity index (χ4n) is 2.07. The summed E-state index contributed by atoms with van der Waals surface area (Å²) in [5, 5.41) is 11.7. The molecular weight excluding hydrogens is 230 g/mol. The van der Waals surface area contributed by atoms with Gasteiger partial charge in [0.15, 0.2) is 0 Å². The fourth-order valence-corrected chi connectivity index (χ4v) is 2.07. The van der Waals surface area contributed by atoms with Crippen molar-refractivity contribution < 1.29 is 14.7 Å². The Bertz CT molecular complexity index is 452. The third-order valence-electron chi connectivity index (χ3n) is 3.43. The zero-order valence-corrected chi connectivity index (χ0v) is 10.2. The Morgan fingerprint density at radius 1 is 1.28 bits per heavy atom. The fraction of sp³-hybridized carbons (Fsp3) is 0.429. The van der Waals surface area contributed by atoms with Crippen molar-refractivity contribution in [1.29, 1.82) is 0 Å². The molecule has 4 nitrogen and oxygen atoms in total. The molecule has 4 heteroatoms. The SMILES string of the molecule is O=C(O)c1cccc(C(=O)NCCC2CCC2)c1. The number of hydrogen-bond donors (Lipinski definition) is 2. The van der Waals surface area contributed by atoms with Crippen LogP contribution in [-0.2, 0) is 0 Å². The molecule has 1 aliphatic carbocycles. The number of aromatic carboxylic acids is 1. The number of carbonyl (C=O) groups excluding carboxylic acids is 1. The van der Waals surface area contributed by atoms with Crippen molar-refractivity contribution in [2.75, 3.05) is 6.54 Å². The van der Waals surface area contributed by atoms with Crippen LogP contribution >= 0.6 is 0 Å². The highest BCUT2D eigenvalue weighted by molar-refractivity contribution is 5.97. The zero-order chi connectivity index (χ0) is 13.0. The van der Waals surface area contributed by atoms with Crippen molar-refractivity contribution in [3.63, 3.8) is 0 Å². The van der Waals surface area contributed by atoms with E-state index in [9.17, 15) is 9.59 Å². The summed E-state index contributed by atoms with van der Waals surface area (Å²) < 4.78 is 0. The van der Waals surface area contributed by atoms with Crippen LogP contribution in [0.2, 0.25) is 0 Å². The summed E-state index contributed by atoms with van der Waals surface area (Å²) in [6.07, 6.45) is 4.86. The average Bonchev–Trinajstić information content (AvgIpc) is 2.32. The minimum atomic E-state index is -1.01. The van der Waals surface area contributed by atoms with Crippen LogP contribution in [0.15, 0.2) is 24.3 Å². The maximum absolute atomic E-state index is 11.8. The van der Waals surface area contributed by atoms with Gasteiger partial charge in [-0.25, -0.2) is 4.79 Å². The number of carboxylic acids is 1. The first-order valence-electron chi connectivity index (χ1n) is 6.28. The minimum absolute atomic E-state index is 0.140. The van der Waals surface area contributed by atoms with Crippen molar-refractivity contribution >= 4 is 11.9 Å². The van der Waals surface area contributed by atoms with Gasteiger partial charge in [-0.3, -0.25) is 4.79 Å². The minimum Gasteiger partial charge on any atom is -0.478 e. The predicted molar refractivity (Wildman–Crippen MR) is 67.7 cm³/mol. The van der Waals surface area contributed by atoms with E-state index in [1.807, 2.05) is 0 Å². The van der Waals surface area contributed by atoms with E-state index < -0.39 is 5.97 Å². The van der Waals surface area contributed by atoms with E-state index in [4.69, 9.17) is 5.11 Å². The number of carbonyl (C=O) groups is 2. The maximum atomic E-state index is 11.8. The Morgan fingerprint density at radius 2 is 2.00 bits per heavy atom. The van der Waals surface area contributed by atoms with Gasteiger partial charge in [-0.15, -0.1) is 0 Å². The first-order chi connectivity index (χ1) is 8.66. The molecule has 1 saturated carbocycles. The summed E-state index contributed by atoms with van der Waals surface area (Å²) in [6.45, 7) is 0.667. The Labute approximate surface area is 106 Å². The van der Waals surface area contributed by atoms with E-state index in [0.717, 1.165) is 12.3 Å². The van der Waals surface area contributed by atoms with Gasteiger partial charge < -0.3 is 10.4 Å². The molecule has 0 spiro atoms. The summed E-state index contributed by atoms with van der Waals surface area (Å²) in [7, 11) is 0. The predicted octanol–water partition coefficient (Wildman–Crippen LogP) is 2.30. The summed E-state index contributed by atoms with van der Waals surface area (Å²) in [4.78, 5) is 22.6. The Morgan fingerprint density at radius 3 is 2.61 bits per heavy atom. The largest absolute Gasteiger partial charge is 0.478 e. The molecule has 0 aliphatic heterocycles. The number of nitrogens with one attached hydrogen (secondary N) is 1. The van der Waals surface area contributed by atoms with E-state index in [1.165, 1.54) is 31.4 Å². The molecule has 0 bridgehead atoms. The zero-order valence-electron chi connectivity index (χ0n) is 10.2. The average molecular weight is 247 g/mol. The first kappa shape index (κ1) is 12.6. The lowest BCUT2D eigenvalue weighted by Crippen LogP contribution is -2.27. The molecular formula is C14H17NO3. The van der Waals surface area contributed by atoms with Gasteiger partial charge in [-0.05, 0) is 30.5 Å². The monoisotopic (exact) mass is 247 g/mol. The molecule has 1 aromatic rings. The first-order valence-corrected chi connectivity index (χ1v) is 6.28. The van der Waals surface area contributed by atoms with Gasteiger partial charge in [-0.1, -0.05) is 25.3 Å².